The minimum atomic E-state index is -0.981. The summed E-state index contributed by atoms with van der Waals surface area (Å²) < 4.78 is 0. The molecule has 116 valence electrons. The predicted octanol–water partition coefficient (Wildman–Crippen LogP) is 5.13. The van der Waals surface area contributed by atoms with Gasteiger partial charge in [-0.2, -0.15) is 0 Å². The third kappa shape index (κ3) is 3.11. The Morgan fingerprint density at radius 1 is 0.913 bits per heavy atom. The van der Waals surface area contributed by atoms with Gasteiger partial charge in [0.05, 0.1) is 0 Å². The van der Waals surface area contributed by atoms with Gasteiger partial charge in [-0.15, -0.1) is 0 Å². The van der Waals surface area contributed by atoms with Gasteiger partial charge in [-0.3, -0.25) is 0 Å². The Morgan fingerprint density at radius 3 is 2.39 bits per heavy atom. The van der Waals surface area contributed by atoms with E-state index in [1.165, 1.54) is 47.2 Å². The smallest absolute Gasteiger partial charge is 0.327 e. The lowest BCUT2D eigenvalue weighted by atomic mass is 9.86. The molecule has 1 aliphatic rings. The molecule has 4 rings (SSSR count). The van der Waals surface area contributed by atoms with Gasteiger partial charge >= 0.3 is 5.97 Å². The zero-order valence-corrected chi connectivity index (χ0v) is 13.1. The van der Waals surface area contributed by atoms with Crippen LogP contribution in [0.25, 0.3) is 21.5 Å². The van der Waals surface area contributed by atoms with E-state index in [1.807, 2.05) is 0 Å². The van der Waals surface area contributed by atoms with Crippen LogP contribution in [0.2, 0.25) is 0 Å². The fourth-order valence-electron chi connectivity index (χ4n) is 3.34. The zero-order chi connectivity index (χ0) is 16.2. The van der Waals surface area contributed by atoms with E-state index in [1.54, 1.807) is 11.1 Å². The summed E-state index contributed by atoms with van der Waals surface area (Å²) in [7, 11) is 0. The first-order chi connectivity index (χ1) is 11.2. The number of rotatable bonds is 1. The second-order valence-electron chi connectivity index (χ2n) is 5.83. The summed E-state index contributed by atoms with van der Waals surface area (Å²) in [4.78, 5) is 9.25. The molecule has 0 atom stereocenters. The van der Waals surface area contributed by atoms with Gasteiger partial charge in [-0.1, -0.05) is 55.1 Å². The molecule has 0 spiro atoms. The van der Waals surface area contributed by atoms with Crippen molar-refractivity contribution in [2.75, 3.05) is 0 Å². The molecule has 3 aromatic carbocycles. The van der Waals surface area contributed by atoms with Crippen molar-refractivity contribution >= 4 is 27.5 Å². The lowest BCUT2D eigenvalue weighted by molar-refractivity contribution is -0.131. The molecule has 23 heavy (non-hydrogen) atoms. The van der Waals surface area contributed by atoms with Gasteiger partial charge < -0.3 is 5.11 Å². The molecule has 3 aromatic rings. The Balaban J connectivity index is 0.000000276. The molecular formula is C21H20O2. The summed E-state index contributed by atoms with van der Waals surface area (Å²) in [6, 6.07) is 18.0. The molecular weight excluding hydrogens is 284 g/mol. The maximum atomic E-state index is 9.25. The highest BCUT2D eigenvalue weighted by atomic mass is 16.4. The van der Waals surface area contributed by atoms with E-state index in [0.717, 1.165) is 6.08 Å². The molecule has 1 N–H and O–H groups in total. The van der Waals surface area contributed by atoms with Crippen LogP contribution in [0.15, 0.2) is 61.2 Å². The highest BCUT2D eigenvalue weighted by Crippen LogP contribution is 2.33. The van der Waals surface area contributed by atoms with Crippen LogP contribution in [0.1, 0.15) is 24.0 Å². The van der Waals surface area contributed by atoms with Gasteiger partial charge in [0.1, 0.15) is 0 Å². The van der Waals surface area contributed by atoms with E-state index >= 15 is 0 Å². The van der Waals surface area contributed by atoms with Crippen LogP contribution in [0.4, 0.5) is 0 Å². The summed E-state index contributed by atoms with van der Waals surface area (Å²) in [5, 5.41) is 13.2. The number of benzene rings is 3. The van der Waals surface area contributed by atoms with E-state index in [-0.39, 0.29) is 0 Å². The number of aryl methyl sites for hydroxylation is 2. The molecule has 1 aliphatic carbocycles. The number of fused-ring (bicyclic) bond motifs is 5. The highest BCUT2D eigenvalue weighted by Gasteiger charge is 2.13. The van der Waals surface area contributed by atoms with E-state index < -0.39 is 5.97 Å². The number of hydrogen-bond donors (Lipinski definition) is 1. The standard InChI is InChI=1S/C18H16.C3H4O2/c1-3-7-15-13(5-1)9-11-18-16-8-4-2-6-14(16)10-12-17(15)18;1-2-3(4)5/h1,3,5,7,9-12H,2,4,6,8H2;2H,1H2,(H,4,5). The first kappa shape index (κ1) is 15.3. The van der Waals surface area contributed by atoms with E-state index in [4.69, 9.17) is 5.11 Å². The average molecular weight is 304 g/mol. The Kier molecular flexibility index (Phi) is 4.42. The van der Waals surface area contributed by atoms with Gasteiger partial charge in [0.15, 0.2) is 0 Å². The van der Waals surface area contributed by atoms with E-state index in [0.29, 0.717) is 0 Å². The largest absolute Gasteiger partial charge is 0.478 e. The van der Waals surface area contributed by atoms with E-state index in [9.17, 15) is 4.79 Å². The number of carboxylic acid groups (broad SMARTS) is 1. The van der Waals surface area contributed by atoms with Crippen LogP contribution in [0.5, 0.6) is 0 Å². The van der Waals surface area contributed by atoms with Gasteiger partial charge in [0, 0.05) is 6.08 Å². The Hall–Kier alpha value is -2.61. The second-order valence-corrected chi connectivity index (χ2v) is 5.83. The lowest BCUT2D eigenvalue weighted by Crippen LogP contribution is -2.02. The van der Waals surface area contributed by atoms with Gasteiger partial charge in [-0.25, -0.2) is 4.79 Å². The summed E-state index contributed by atoms with van der Waals surface area (Å²) in [5.74, 6) is -0.981. The molecule has 0 bridgehead atoms. The van der Waals surface area contributed by atoms with Crippen LogP contribution >= 0.6 is 0 Å². The second kappa shape index (κ2) is 6.66. The van der Waals surface area contributed by atoms with E-state index in [2.05, 4.69) is 55.1 Å². The van der Waals surface area contributed by atoms with Crippen LogP contribution in [0.3, 0.4) is 0 Å². The first-order valence-corrected chi connectivity index (χ1v) is 7.98. The lowest BCUT2D eigenvalue weighted by Gasteiger charge is -2.18. The normalized spacial score (nSPS) is 13.0. The third-order valence-electron chi connectivity index (χ3n) is 4.43. The van der Waals surface area contributed by atoms with Crippen molar-refractivity contribution in [3.8, 4) is 0 Å². The topological polar surface area (TPSA) is 37.3 Å². The van der Waals surface area contributed by atoms with Crippen LogP contribution < -0.4 is 0 Å². The highest BCUT2D eigenvalue weighted by molar-refractivity contribution is 6.08. The van der Waals surface area contributed by atoms with Crippen molar-refractivity contribution in [3.05, 3.63) is 72.3 Å². The molecule has 0 aliphatic heterocycles. The van der Waals surface area contributed by atoms with Crippen LogP contribution in [-0.2, 0) is 17.6 Å². The third-order valence-corrected chi connectivity index (χ3v) is 4.43. The zero-order valence-electron chi connectivity index (χ0n) is 13.1. The van der Waals surface area contributed by atoms with Crippen molar-refractivity contribution in [3.63, 3.8) is 0 Å². The Labute approximate surface area is 136 Å². The molecule has 0 fully saturated rings. The van der Waals surface area contributed by atoms with Crippen molar-refractivity contribution in [1.29, 1.82) is 0 Å². The molecule has 0 saturated carbocycles. The van der Waals surface area contributed by atoms with Gasteiger partial charge in [0.2, 0.25) is 0 Å². The summed E-state index contributed by atoms with van der Waals surface area (Å²) >= 11 is 0. The van der Waals surface area contributed by atoms with Crippen LogP contribution in [0, 0.1) is 0 Å². The number of carbonyl (C=O) groups is 1. The van der Waals surface area contributed by atoms with Crippen molar-refractivity contribution in [2.24, 2.45) is 0 Å². The maximum absolute atomic E-state index is 9.25. The number of carboxylic acids is 1. The molecule has 0 unspecified atom stereocenters. The fourth-order valence-corrected chi connectivity index (χ4v) is 3.34. The van der Waals surface area contributed by atoms with Crippen molar-refractivity contribution < 1.29 is 9.90 Å². The van der Waals surface area contributed by atoms with Gasteiger partial charge in [-0.05, 0) is 58.4 Å². The minimum absolute atomic E-state index is 0.833. The Bertz CT molecular complexity index is 878. The SMILES string of the molecule is C=CC(=O)O.c1ccc2c(c1)ccc1c3c(ccc12)CCCC3. The number of hydrogen-bond acceptors (Lipinski definition) is 1. The summed E-state index contributed by atoms with van der Waals surface area (Å²) in [5.41, 5.74) is 3.17. The summed E-state index contributed by atoms with van der Waals surface area (Å²) in [6.07, 6.45) is 6.05. The quantitative estimate of drug-likeness (QED) is 0.500. The average Bonchev–Trinajstić information content (AvgIpc) is 2.61. The van der Waals surface area contributed by atoms with Crippen molar-refractivity contribution in [2.45, 2.75) is 25.7 Å². The molecule has 0 aromatic heterocycles. The molecule has 2 nitrogen and oxygen atoms in total. The predicted molar refractivity (Wildman–Crippen MR) is 95.9 cm³/mol. The Morgan fingerprint density at radius 2 is 1.61 bits per heavy atom. The monoisotopic (exact) mass is 304 g/mol. The fraction of sp³-hybridized carbons (Fsp3) is 0.190. The summed E-state index contributed by atoms with van der Waals surface area (Å²) in [6.45, 7) is 2.96. The van der Waals surface area contributed by atoms with Crippen LogP contribution in [-0.4, -0.2) is 11.1 Å². The minimum Gasteiger partial charge on any atom is -0.478 e. The van der Waals surface area contributed by atoms with Crippen molar-refractivity contribution in [1.82, 2.24) is 0 Å². The molecule has 0 saturated heterocycles. The maximum Gasteiger partial charge on any atom is 0.327 e. The number of aliphatic carboxylic acids is 1. The van der Waals surface area contributed by atoms with Gasteiger partial charge in [0.25, 0.3) is 0 Å². The molecule has 0 radical (unpaired) electrons. The first-order valence-electron chi connectivity index (χ1n) is 7.98. The molecule has 0 amide bonds. The molecule has 2 heteroatoms. The molecule has 0 heterocycles.